The van der Waals surface area contributed by atoms with Gasteiger partial charge in [0.15, 0.2) is 0 Å². The lowest BCUT2D eigenvalue weighted by Gasteiger charge is -2.38. The number of fused-ring (bicyclic) bond motifs is 1. The first-order valence-electron chi connectivity index (χ1n) is 6.41. The van der Waals surface area contributed by atoms with Gasteiger partial charge in [-0.05, 0) is 31.5 Å². The van der Waals surface area contributed by atoms with Crippen LogP contribution in [0.2, 0.25) is 0 Å². The first-order valence-corrected chi connectivity index (χ1v) is 6.41. The van der Waals surface area contributed by atoms with Crippen molar-refractivity contribution in [1.29, 1.82) is 0 Å². The van der Waals surface area contributed by atoms with E-state index < -0.39 is 29.2 Å². The quantitative estimate of drug-likeness (QED) is 0.718. The third-order valence-electron chi connectivity index (χ3n) is 3.94. The van der Waals surface area contributed by atoms with Crippen LogP contribution < -0.4 is 5.32 Å². The standard InChI is InChI=1S/C14H12N2O5/c1-14(5-4-10(18)15-13(14)21)16-11(19)8-3-2-7(17)6-9(8)12(16)20/h2-3,6,17H,4-5H2,1H3,(H,15,18,21). The Morgan fingerprint density at radius 2 is 1.81 bits per heavy atom. The van der Waals surface area contributed by atoms with Crippen molar-refractivity contribution in [2.45, 2.75) is 25.3 Å². The number of nitrogens with one attached hydrogen (secondary N) is 1. The monoisotopic (exact) mass is 288 g/mol. The molecule has 1 unspecified atom stereocenters. The summed E-state index contributed by atoms with van der Waals surface area (Å²) >= 11 is 0. The topological polar surface area (TPSA) is 104 Å². The Kier molecular flexibility index (Phi) is 2.62. The minimum Gasteiger partial charge on any atom is -0.508 e. The minimum absolute atomic E-state index is 0.0564. The summed E-state index contributed by atoms with van der Waals surface area (Å²) in [6.07, 6.45) is 0.135. The first-order chi connectivity index (χ1) is 9.84. The number of benzene rings is 1. The zero-order valence-electron chi connectivity index (χ0n) is 11.2. The average molecular weight is 288 g/mol. The molecular weight excluding hydrogens is 276 g/mol. The van der Waals surface area contributed by atoms with Gasteiger partial charge in [-0.15, -0.1) is 0 Å². The molecule has 1 aromatic carbocycles. The van der Waals surface area contributed by atoms with Crippen LogP contribution in [0, 0.1) is 0 Å². The maximum Gasteiger partial charge on any atom is 0.262 e. The number of piperidine rings is 1. The van der Waals surface area contributed by atoms with Crippen molar-refractivity contribution in [2.24, 2.45) is 0 Å². The molecule has 1 atom stereocenters. The van der Waals surface area contributed by atoms with E-state index in [1.165, 1.54) is 25.1 Å². The van der Waals surface area contributed by atoms with Gasteiger partial charge in [0.05, 0.1) is 11.1 Å². The molecule has 4 amide bonds. The fourth-order valence-corrected chi connectivity index (χ4v) is 2.68. The number of aromatic hydroxyl groups is 1. The lowest BCUT2D eigenvalue weighted by molar-refractivity contribution is -0.140. The van der Waals surface area contributed by atoms with Gasteiger partial charge in [0.2, 0.25) is 5.91 Å². The predicted octanol–water partition coefficient (Wildman–Crippen LogP) is 0.184. The van der Waals surface area contributed by atoms with E-state index in [2.05, 4.69) is 5.32 Å². The number of carbonyl (C=O) groups excluding carboxylic acids is 4. The van der Waals surface area contributed by atoms with Crippen LogP contribution in [0.1, 0.15) is 40.5 Å². The molecule has 0 radical (unpaired) electrons. The van der Waals surface area contributed by atoms with E-state index >= 15 is 0 Å². The maximum absolute atomic E-state index is 12.4. The highest BCUT2D eigenvalue weighted by Gasteiger charge is 2.52. The molecule has 0 bridgehead atoms. The van der Waals surface area contributed by atoms with Gasteiger partial charge in [-0.1, -0.05) is 0 Å². The fraction of sp³-hybridized carbons (Fsp3) is 0.286. The SMILES string of the molecule is CC1(N2C(=O)c3ccc(O)cc3C2=O)CCC(=O)NC1=O. The molecule has 7 nitrogen and oxygen atoms in total. The van der Waals surface area contributed by atoms with Gasteiger partial charge in [0.25, 0.3) is 17.7 Å². The second-order valence-corrected chi connectivity index (χ2v) is 5.33. The number of nitrogens with zero attached hydrogens (tertiary/aromatic N) is 1. The van der Waals surface area contributed by atoms with Crippen molar-refractivity contribution in [1.82, 2.24) is 10.2 Å². The molecule has 2 heterocycles. The van der Waals surface area contributed by atoms with Gasteiger partial charge >= 0.3 is 0 Å². The Balaban J connectivity index is 2.05. The zero-order valence-corrected chi connectivity index (χ0v) is 11.2. The van der Waals surface area contributed by atoms with Crippen LogP contribution in [-0.4, -0.2) is 39.2 Å². The Morgan fingerprint density at radius 3 is 2.48 bits per heavy atom. The van der Waals surface area contributed by atoms with E-state index in [-0.39, 0.29) is 29.7 Å². The van der Waals surface area contributed by atoms with Gasteiger partial charge < -0.3 is 5.11 Å². The Bertz CT molecular complexity index is 711. The van der Waals surface area contributed by atoms with Gasteiger partial charge in [-0.2, -0.15) is 0 Å². The Morgan fingerprint density at radius 1 is 1.14 bits per heavy atom. The van der Waals surface area contributed by atoms with E-state index in [9.17, 15) is 24.3 Å². The van der Waals surface area contributed by atoms with Crippen molar-refractivity contribution in [2.75, 3.05) is 0 Å². The third kappa shape index (κ3) is 1.74. The molecule has 1 aromatic rings. The molecule has 0 aromatic heterocycles. The molecule has 2 aliphatic rings. The lowest BCUT2D eigenvalue weighted by Crippen LogP contribution is -2.62. The molecular formula is C14H12N2O5. The summed E-state index contributed by atoms with van der Waals surface area (Å²) in [5.74, 6) is -2.46. The summed E-state index contributed by atoms with van der Waals surface area (Å²) in [5, 5.41) is 11.6. The van der Waals surface area contributed by atoms with E-state index in [1.807, 2.05) is 0 Å². The second-order valence-electron chi connectivity index (χ2n) is 5.33. The van der Waals surface area contributed by atoms with E-state index in [1.54, 1.807) is 0 Å². The van der Waals surface area contributed by atoms with Crippen LogP contribution in [0.15, 0.2) is 18.2 Å². The van der Waals surface area contributed by atoms with E-state index in [0.717, 1.165) is 4.90 Å². The second kappa shape index (κ2) is 4.15. The van der Waals surface area contributed by atoms with Crippen molar-refractivity contribution in [3.8, 4) is 5.75 Å². The molecule has 3 rings (SSSR count). The van der Waals surface area contributed by atoms with Gasteiger partial charge in [-0.3, -0.25) is 29.4 Å². The molecule has 21 heavy (non-hydrogen) atoms. The summed E-state index contributed by atoms with van der Waals surface area (Å²) in [6.45, 7) is 1.45. The number of phenolic OH excluding ortho intramolecular Hbond substituents is 1. The Hall–Kier alpha value is -2.70. The van der Waals surface area contributed by atoms with E-state index in [4.69, 9.17) is 0 Å². The van der Waals surface area contributed by atoms with Crippen molar-refractivity contribution >= 4 is 23.6 Å². The molecule has 2 N–H and O–H groups in total. The smallest absolute Gasteiger partial charge is 0.262 e. The normalized spacial score (nSPS) is 25.1. The molecule has 0 aliphatic carbocycles. The van der Waals surface area contributed by atoms with Crippen molar-refractivity contribution in [3.63, 3.8) is 0 Å². The predicted molar refractivity (Wildman–Crippen MR) is 69.4 cm³/mol. The van der Waals surface area contributed by atoms with Crippen molar-refractivity contribution in [3.05, 3.63) is 29.3 Å². The number of hydrogen-bond donors (Lipinski definition) is 2. The number of phenols is 1. The molecule has 2 aliphatic heterocycles. The lowest BCUT2D eigenvalue weighted by atomic mass is 9.89. The zero-order chi connectivity index (χ0) is 15.4. The van der Waals surface area contributed by atoms with Crippen molar-refractivity contribution < 1.29 is 24.3 Å². The highest BCUT2D eigenvalue weighted by atomic mass is 16.3. The third-order valence-corrected chi connectivity index (χ3v) is 3.94. The fourth-order valence-electron chi connectivity index (χ4n) is 2.68. The van der Waals surface area contributed by atoms with Gasteiger partial charge in [-0.25, -0.2) is 0 Å². The summed E-state index contributed by atoms with van der Waals surface area (Å²) in [4.78, 5) is 49.0. The highest BCUT2D eigenvalue weighted by Crippen LogP contribution is 2.35. The van der Waals surface area contributed by atoms with Crippen LogP contribution in [0.5, 0.6) is 5.75 Å². The number of imide groups is 2. The highest BCUT2D eigenvalue weighted by molar-refractivity contribution is 6.24. The number of rotatable bonds is 1. The van der Waals surface area contributed by atoms with Crippen LogP contribution in [-0.2, 0) is 9.59 Å². The number of amides is 4. The summed E-state index contributed by atoms with van der Waals surface area (Å²) < 4.78 is 0. The van der Waals surface area contributed by atoms with Crippen LogP contribution >= 0.6 is 0 Å². The summed E-state index contributed by atoms with van der Waals surface area (Å²) in [7, 11) is 0. The number of carbonyl (C=O) groups is 4. The molecule has 0 saturated carbocycles. The summed E-state index contributed by atoms with van der Waals surface area (Å²) in [5.41, 5.74) is -1.20. The first kappa shape index (κ1) is 13.3. The van der Waals surface area contributed by atoms with Crippen LogP contribution in [0.3, 0.4) is 0 Å². The average Bonchev–Trinajstić information content (AvgIpc) is 2.67. The van der Waals surface area contributed by atoms with Crippen LogP contribution in [0.4, 0.5) is 0 Å². The largest absolute Gasteiger partial charge is 0.508 e. The van der Waals surface area contributed by atoms with Gasteiger partial charge in [0.1, 0.15) is 11.3 Å². The van der Waals surface area contributed by atoms with E-state index in [0.29, 0.717) is 0 Å². The Labute approximate surface area is 119 Å². The molecule has 1 saturated heterocycles. The summed E-state index contributed by atoms with van der Waals surface area (Å²) in [6, 6.07) is 3.85. The van der Waals surface area contributed by atoms with Gasteiger partial charge in [0, 0.05) is 6.42 Å². The minimum atomic E-state index is -1.41. The molecule has 7 heteroatoms. The molecule has 0 spiro atoms. The van der Waals surface area contributed by atoms with Crippen LogP contribution in [0.25, 0.3) is 0 Å². The maximum atomic E-state index is 12.4. The number of hydrogen-bond acceptors (Lipinski definition) is 5. The molecule has 108 valence electrons. The molecule has 1 fully saturated rings.